The van der Waals surface area contributed by atoms with Crippen LogP contribution < -0.4 is 16.4 Å². The maximum absolute atomic E-state index is 11.8. The lowest BCUT2D eigenvalue weighted by Crippen LogP contribution is -2.43. The lowest BCUT2D eigenvalue weighted by atomic mass is 10.1. The normalized spacial score (nSPS) is 11.3. The van der Waals surface area contributed by atoms with Gasteiger partial charge in [-0.3, -0.25) is 9.78 Å². The Hall–Kier alpha value is -2.30. The van der Waals surface area contributed by atoms with Gasteiger partial charge in [0.15, 0.2) is 0 Å². The molecule has 0 saturated carbocycles. The summed E-state index contributed by atoms with van der Waals surface area (Å²) in [5, 5.41) is 7.88. The SMILES string of the molecule is CC(C)(C)NC(=O)CNc1ccc(N)c2ccncc12. The van der Waals surface area contributed by atoms with Crippen molar-refractivity contribution in [1.29, 1.82) is 0 Å². The second-order valence-corrected chi connectivity index (χ2v) is 5.78. The van der Waals surface area contributed by atoms with E-state index in [1.54, 1.807) is 12.4 Å². The highest BCUT2D eigenvalue weighted by molar-refractivity contribution is 6.01. The Labute approximate surface area is 118 Å². The lowest BCUT2D eigenvalue weighted by Gasteiger charge is -2.21. The predicted molar refractivity (Wildman–Crippen MR) is 82.5 cm³/mol. The molecular weight excluding hydrogens is 252 g/mol. The topological polar surface area (TPSA) is 80.0 Å². The molecule has 1 aromatic heterocycles. The van der Waals surface area contributed by atoms with Gasteiger partial charge in [-0.15, -0.1) is 0 Å². The van der Waals surface area contributed by atoms with E-state index in [1.165, 1.54) is 0 Å². The molecule has 5 heteroatoms. The standard InChI is InChI=1S/C15H20N4O/c1-15(2,3)19-14(20)9-18-13-5-4-12(16)10-6-7-17-8-11(10)13/h4-8,18H,9,16H2,1-3H3,(H,19,20). The second-order valence-electron chi connectivity index (χ2n) is 5.78. The molecule has 0 aliphatic rings. The summed E-state index contributed by atoms with van der Waals surface area (Å²) in [5.41, 5.74) is 7.25. The summed E-state index contributed by atoms with van der Waals surface area (Å²) in [6, 6.07) is 5.56. The molecule has 0 saturated heterocycles. The van der Waals surface area contributed by atoms with Crippen LogP contribution in [0.1, 0.15) is 20.8 Å². The summed E-state index contributed by atoms with van der Waals surface area (Å²) < 4.78 is 0. The number of carbonyl (C=O) groups excluding carboxylic acids is 1. The molecule has 0 bridgehead atoms. The number of anilines is 2. The molecule has 0 radical (unpaired) electrons. The number of nitrogens with zero attached hydrogens (tertiary/aromatic N) is 1. The number of carbonyl (C=O) groups is 1. The van der Waals surface area contributed by atoms with Gasteiger partial charge in [-0.25, -0.2) is 0 Å². The number of rotatable bonds is 3. The van der Waals surface area contributed by atoms with E-state index in [1.807, 2.05) is 39.0 Å². The molecule has 0 aliphatic heterocycles. The highest BCUT2D eigenvalue weighted by Gasteiger charge is 2.13. The van der Waals surface area contributed by atoms with E-state index in [4.69, 9.17) is 5.73 Å². The van der Waals surface area contributed by atoms with E-state index in [9.17, 15) is 4.79 Å². The monoisotopic (exact) mass is 272 g/mol. The highest BCUT2D eigenvalue weighted by Crippen LogP contribution is 2.27. The maximum atomic E-state index is 11.8. The van der Waals surface area contributed by atoms with Crippen molar-refractivity contribution in [1.82, 2.24) is 10.3 Å². The van der Waals surface area contributed by atoms with Crippen molar-refractivity contribution in [3.8, 4) is 0 Å². The minimum atomic E-state index is -0.233. The fourth-order valence-corrected chi connectivity index (χ4v) is 2.01. The number of benzene rings is 1. The quantitative estimate of drug-likeness (QED) is 0.748. The molecule has 0 spiro atoms. The summed E-state index contributed by atoms with van der Waals surface area (Å²) in [4.78, 5) is 15.9. The third kappa shape index (κ3) is 3.38. The molecule has 20 heavy (non-hydrogen) atoms. The molecule has 1 amide bonds. The molecule has 1 aromatic carbocycles. The Morgan fingerprint density at radius 1 is 1.25 bits per heavy atom. The zero-order valence-electron chi connectivity index (χ0n) is 12.0. The van der Waals surface area contributed by atoms with Crippen molar-refractivity contribution < 1.29 is 4.79 Å². The van der Waals surface area contributed by atoms with Crippen molar-refractivity contribution in [2.45, 2.75) is 26.3 Å². The number of pyridine rings is 1. The van der Waals surface area contributed by atoms with Gasteiger partial charge in [-0.1, -0.05) is 0 Å². The molecular formula is C15H20N4O. The molecule has 0 fully saturated rings. The van der Waals surface area contributed by atoms with Crippen LogP contribution in [0.3, 0.4) is 0 Å². The van der Waals surface area contributed by atoms with Gasteiger partial charge in [-0.05, 0) is 39.0 Å². The van der Waals surface area contributed by atoms with Crippen LogP contribution in [-0.2, 0) is 4.79 Å². The summed E-state index contributed by atoms with van der Waals surface area (Å²) in [6.07, 6.45) is 3.45. The fraction of sp³-hybridized carbons (Fsp3) is 0.333. The largest absolute Gasteiger partial charge is 0.398 e. The smallest absolute Gasteiger partial charge is 0.239 e. The zero-order chi connectivity index (χ0) is 14.8. The molecule has 0 unspecified atom stereocenters. The van der Waals surface area contributed by atoms with Gasteiger partial charge in [0.2, 0.25) is 5.91 Å². The number of nitrogens with one attached hydrogen (secondary N) is 2. The van der Waals surface area contributed by atoms with Crippen molar-refractivity contribution in [2.24, 2.45) is 0 Å². The Morgan fingerprint density at radius 2 is 2.00 bits per heavy atom. The number of nitrogens with two attached hydrogens (primary N) is 1. The molecule has 2 aromatic rings. The molecule has 4 N–H and O–H groups in total. The summed E-state index contributed by atoms with van der Waals surface area (Å²) in [5.74, 6) is -0.0497. The van der Waals surface area contributed by atoms with Gasteiger partial charge in [0.05, 0.1) is 6.54 Å². The van der Waals surface area contributed by atoms with Crippen molar-refractivity contribution in [3.63, 3.8) is 0 Å². The molecule has 106 valence electrons. The molecule has 5 nitrogen and oxygen atoms in total. The first kappa shape index (κ1) is 14.1. The van der Waals surface area contributed by atoms with Gasteiger partial charge in [-0.2, -0.15) is 0 Å². The lowest BCUT2D eigenvalue weighted by molar-refractivity contribution is -0.120. The first-order valence-electron chi connectivity index (χ1n) is 6.54. The minimum absolute atomic E-state index is 0.0497. The average Bonchev–Trinajstić information content (AvgIpc) is 2.36. The van der Waals surface area contributed by atoms with Gasteiger partial charge in [0.25, 0.3) is 0 Å². The average molecular weight is 272 g/mol. The van der Waals surface area contributed by atoms with Crippen LogP contribution in [0.5, 0.6) is 0 Å². The Kier molecular flexibility index (Phi) is 3.79. The van der Waals surface area contributed by atoms with E-state index in [2.05, 4.69) is 15.6 Å². The Morgan fingerprint density at radius 3 is 2.70 bits per heavy atom. The summed E-state index contributed by atoms with van der Waals surface area (Å²) in [7, 11) is 0. The van der Waals surface area contributed by atoms with Crippen LogP contribution in [0.25, 0.3) is 10.8 Å². The third-order valence-electron chi connectivity index (χ3n) is 2.81. The van der Waals surface area contributed by atoms with Gasteiger partial charge in [0, 0.05) is 40.1 Å². The van der Waals surface area contributed by atoms with Gasteiger partial charge < -0.3 is 16.4 Å². The van der Waals surface area contributed by atoms with Crippen LogP contribution in [0.4, 0.5) is 11.4 Å². The Balaban J connectivity index is 2.15. The third-order valence-corrected chi connectivity index (χ3v) is 2.81. The summed E-state index contributed by atoms with van der Waals surface area (Å²) >= 11 is 0. The van der Waals surface area contributed by atoms with Crippen molar-refractivity contribution >= 4 is 28.1 Å². The number of aromatic nitrogens is 1. The molecule has 2 rings (SSSR count). The van der Waals surface area contributed by atoms with E-state index in [-0.39, 0.29) is 18.0 Å². The first-order valence-corrected chi connectivity index (χ1v) is 6.54. The summed E-state index contributed by atoms with van der Waals surface area (Å²) in [6.45, 7) is 6.07. The zero-order valence-corrected chi connectivity index (χ0v) is 12.0. The second kappa shape index (κ2) is 5.36. The number of fused-ring (bicyclic) bond motifs is 1. The maximum Gasteiger partial charge on any atom is 0.239 e. The van der Waals surface area contributed by atoms with E-state index in [0.29, 0.717) is 5.69 Å². The van der Waals surface area contributed by atoms with Crippen LogP contribution in [0, 0.1) is 0 Å². The number of amides is 1. The van der Waals surface area contributed by atoms with E-state index >= 15 is 0 Å². The van der Waals surface area contributed by atoms with E-state index < -0.39 is 0 Å². The van der Waals surface area contributed by atoms with Crippen molar-refractivity contribution in [3.05, 3.63) is 30.6 Å². The number of hydrogen-bond acceptors (Lipinski definition) is 4. The first-order chi connectivity index (χ1) is 9.37. The highest BCUT2D eigenvalue weighted by atomic mass is 16.2. The number of nitrogen functional groups attached to an aromatic ring is 1. The number of hydrogen-bond donors (Lipinski definition) is 3. The van der Waals surface area contributed by atoms with E-state index in [0.717, 1.165) is 16.5 Å². The van der Waals surface area contributed by atoms with Crippen molar-refractivity contribution in [2.75, 3.05) is 17.6 Å². The molecule has 0 atom stereocenters. The minimum Gasteiger partial charge on any atom is -0.398 e. The fourth-order valence-electron chi connectivity index (χ4n) is 2.01. The van der Waals surface area contributed by atoms with Gasteiger partial charge in [0.1, 0.15) is 0 Å². The van der Waals surface area contributed by atoms with Crippen LogP contribution in [0.15, 0.2) is 30.6 Å². The molecule has 1 heterocycles. The predicted octanol–water partition coefficient (Wildman–Crippen LogP) is 2.14. The molecule has 0 aliphatic carbocycles. The van der Waals surface area contributed by atoms with Gasteiger partial charge >= 0.3 is 0 Å². The van der Waals surface area contributed by atoms with Crippen LogP contribution >= 0.6 is 0 Å². The van der Waals surface area contributed by atoms with Crippen LogP contribution in [-0.4, -0.2) is 23.0 Å². The Bertz CT molecular complexity index is 631. The van der Waals surface area contributed by atoms with Crippen LogP contribution in [0.2, 0.25) is 0 Å².